The lowest BCUT2D eigenvalue weighted by molar-refractivity contribution is 1.09. The van der Waals surface area contributed by atoms with E-state index < -0.39 is 0 Å². The average Bonchev–Trinajstić information content (AvgIpc) is 2.15. The van der Waals surface area contributed by atoms with Gasteiger partial charge in [-0.25, -0.2) is 0 Å². The molecule has 76 valence electrons. The first-order chi connectivity index (χ1) is 6.20. The molecule has 0 unspecified atom stereocenters. The zero-order valence-electron chi connectivity index (χ0n) is 9.39. The summed E-state index contributed by atoms with van der Waals surface area (Å²) in [5.41, 5.74) is 1.30. The van der Waals surface area contributed by atoms with Crippen molar-refractivity contribution in [2.45, 2.75) is 41.0 Å². The molecular weight excluding hydrogens is 224 g/mol. The van der Waals surface area contributed by atoms with Crippen LogP contribution in [0.25, 0.3) is 0 Å². The van der Waals surface area contributed by atoms with Gasteiger partial charge in [0.05, 0.1) is 0 Å². The summed E-state index contributed by atoms with van der Waals surface area (Å²) in [5, 5.41) is 0. The molecule has 1 heteroatoms. The number of benzene rings is 1. The Morgan fingerprint density at radius 1 is 1.00 bits per heavy atom. The molecule has 1 aromatic rings. The minimum absolute atomic E-state index is 1.14. The van der Waals surface area contributed by atoms with Crippen molar-refractivity contribution in [3.63, 3.8) is 0 Å². The summed E-state index contributed by atoms with van der Waals surface area (Å²) >= 11 is 3.35. The van der Waals surface area contributed by atoms with Crippen molar-refractivity contribution in [1.82, 2.24) is 0 Å². The Balaban J connectivity index is 0. The van der Waals surface area contributed by atoms with E-state index in [1.807, 2.05) is 26.0 Å². The third-order valence-corrected chi connectivity index (χ3v) is 1.54. The fourth-order valence-corrected chi connectivity index (χ4v) is 0.798. The number of hydrogen-bond donors (Lipinski definition) is 0. The van der Waals surface area contributed by atoms with Gasteiger partial charge in [-0.1, -0.05) is 67.7 Å². The number of aryl methyl sites for hydroxylation is 1. The van der Waals surface area contributed by atoms with Crippen molar-refractivity contribution < 1.29 is 0 Å². The van der Waals surface area contributed by atoms with Crippen molar-refractivity contribution in [3.8, 4) is 0 Å². The van der Waals surface area contributed by atoms with Crippen LogP contribution in [-0.2, 0) is 0 Å². The van der Waals surface area contributed by atoms with Crippen molar-refractivity contribution in [3.05, 3.63) is 34.3 Å². The van der Waals surface area contributed by atoms with E-state index in [0.717, 1.165) is 4.47 Å². The Morgan fingerprint density at radius 3 is 1.54 bits per heavy atom. The predicted octanol–water partition coefficient (Wildman–Crippen LogP) is 5.20. The highest BCUT2D eigenvalue weighted by Crippen LogP contribution is 2.08. The minimum Gasteiger partial charge on any atom is -0.0683 e. The van der Waals surface area contributed by atoms with Crippen LogP contribution >= 0.6 is 15.9 Å². The molecule has 0 aromatic heterocycles. The third-order valence-electron chi connectivity index (χ3n) is 1.01. The molecule has 0 nitrogen and oxygen atoms in total. The summed E-state index contributed by atoms with van der Waals surface area (Å²) in [5.74, 6) is 0. The van der Waals surface area contributed by atoms with E-state index >= 15 is 0 Å². The Morgan fingerprint density at radius 2 is 1.31 bits per heavy atom. The first kappa shape index (κ1) is 15.2. The van der Waals surface area contributed by atoms with Crippen LogP contribution in [0, 0.1) is 6.92 Å². The van der Waals surface area contributed by atoms with Crippen molar-refractivity contribution in [2.75, 3.05) is 0 Å². The first-order valence-corrected chi connectivity index (χ1v) is 5.72. The second-order valence-corrected chi connectivity index (χ2v) is 3.42. The molecule has 0 fully saturated rings. The molecule has 0 N–H and O–H groups in total. The van der Waals surface area contributed by atoms with E-state index in [-0.39, 0.29) is 0 Å². The van der Waals surface area contributed by atoms with Gasteiger partial charge in [-0.2, -0.15) is 0 Å². The van der Waals surface area contributed by atoms with Crippen molar-refractivity contribution >= 4 is 15.9 Å². The maximum absolute atomic E-state index is 3.35. The molecule has 13 heavy (non-hydrogen) atoms. The van der Waals surface area contributed by atoms with Gasteiger partial charge in [-0.15, -0.1) is 0 Å². The molecule has 0 aliphatic heterocycles. The molecule has 0 bridgehead atoms. The van der Waals surface area contributed by atoms with Gasteiger partial charge in [0, 0.05) is 4.47 Å². The second-order valence-electron chi connectivity index (χ2n) is 2.50. The summed E-state index contributed by atoms with van der Waals surface area (Å²) in [6.07, 6.45) is 1.25. The molecule has 0 saturated carbocycles. The van der Waals surface area contributed by atoms with E-state index in [1.165, 1.54) is 12.0 Å². The lowest BCUT2D eigenvalue weighted by Crippen LogP contribution is -1.66. The van der Waals surface area contributed by atoms with E-state index in [9.17, 15) is 0 Å². The molecule has 0 heterocycles. The Kier molecular flexibility index (Phi) is 13.7. The largest absolute Gasteiger partial charge is 0.0683 e. The molecule has 0 aliphatic carbocycles. The standard InChI is InChI=1S/C7H7Br.C3H8.C2H6/c1-6-2-4-7(8)5-3-6;1-3-2;1-2/h2-5H,1H3;3H2,1-2H3;1-2H3. The average molecular weight is 245 g/mol. The summed E-state index contributed by atoms with van der Waals surface area (Å²) in [4.78, 5) is 0. The zero-order chi connectivity index (χ0) is 10.7. The lowest BCUT2D eigenvalue weighted by Gasteiger charge is -1.88. The Hall–Kier alpha value is -0.300. The molecule has 0 radical (unpaired) electrons. The zero-order valence-corrected chi connectivity index (χ0v) is 11.0. The van der Waals surface area contributed by atoms with Crippen LogP contribution < -0.4 is 0 Å². The maximum atomic E-state index is 3.35. The summed E-state index contributed by atoms with van der Waals surface area (Å²) in [7, 11) is 0. The highest BCUT2D eigenvalue weighted by Gasteiger charge is 1.81. The Bertz CT molecular complexity index is 156. The van der Waals surface area contributed by atoms with E-state index in [0.29, 0.717) is 0 Å². The van der Waals surface area contributed by atoms with Gasteiger partial charge in [0.25, 0.3) is 0 Å². The molecule has 1 aromatic carbocycles. The van der Waals surface area contributed by atoms with Crippen LogP contribution in [0.3, 0.4) is 0 Å². The van der Waals surface area contributed by atoms with Gasteiger partial charge >= 0.3 is 0 Å². The van der Waals surface area contributed by atoms with Gasteiger partial charge in [0.15, 0.2) is 0 Å². The summed E-state index contributed by atoms with van der Waals surface area (Å²) in [6, 6.07) is 8.22. The molecule has 1 rings (SSSR count). The quantitative estimate of drug-likeness (QED) is 0.589. The van der Waals surface area contributed by atoms with Gasteiger partial charge in [0.2, 0.25) is 0 Å². The first-order valence-electron chi connectivity index (χ1n) is 4.92. The van der Waals surface area contributed by atoms with Gasteiger partial charge < -0.3 is 0 Å². The summed E-state index contributed by atoms with van der Waals surface area (Å²) < 4.78 is 1.14. The highest BCUT2D eigenvalue weighted by atomic mass is 79.9. The second kappa shape index (κ2) is 11.7. The minimum atomic E-state index is 1.14. The van der Waals surface area contributed by atoms with Gasteiger partial charge in [0.1, 0.15) is 0 Å². The van der Waals surface area contributed by atoms with Crippen LogP contribution in [0.15, 0.2) is 28.7 Å². The van der Waals surface area contributed by atoms with Crippen LogP contribution in [0.1, 0.15) is 39.7 Å². The fourth-order valence-electron chi connectivity index (χ4n) is 0.533. The predicted molar refractivity (Wildman–Crippen MR) is 66.2 cm³/mol. The van der Waals surface area contributed by atoms with Crippen molar-refractivity contribution in [2.24, 2.45) is 0 Å². The van der Waals surface area contributed by atoms with E-state index in [4.69, 9.17) is 0 Å². The van der Waals surface area contributed by atoms with Gasteiger partial charge in [-0.3, -0.25) is 0 Å². The lowest BCUT2D eigenvalue weighted by atomic mass is 10.2. The van der Waals surface area contributed by atoms with Crippen molar-refractivity contribution in [1.29, 1.82) is 0 Å². The van der Waals surface area contributed by atoms with Crippen LogP contribution in [0.5, 0.6) is 0 Å². The molecule has 0 atom stereocenters. The van der Waals surface area contributed by atoms with Crippen LogP contribution in [0.2, 0.25) is 0 Å². The number of hydrogen-bond acceptors (Lipinski definition) is 0. The number of rotatable bonds is 0. The molecular formula is C12H21Br. The SMILES string of the molecule is CC.CCC.Cc1ccc(Br)cc1. The number of halogens is 1. The molecule has 0 spiro atoms. The maximum Gasteiger partial charge on any atom is 0.0175 e. The molecule has 0 aliphatic rings. The smallest absolute Gasteiger partial charge is 0.0175 e. The molecule has 0 saturated heterocycles. The van der Waals surface area contributed by atoms with Gasteiger partial charge in [-0.05, 0) is 19.1 Å². The normalized spacial score (nSPS) is 7.54. The van der Waals surface area contributed by atoms with E-state index in [2.05, 4.69) is 48.8 Å². The fraction of sp³-hybridized carbons (Fsp3) is 0.500. The third kappa shape index (κ3) is 11.7. The summed E-state index contributed by atoms with van der Waals surface area (Å²) in [6.45, 7) is 10.3. The monoisotopic (exact) mass is 244 g/mol. The highest BCUT2D eigenvalue weighted by molar-refractivity contribution is 9.10. The topological polar surface area (TPSA) is 0 Å². The van der Waals surface area contributed by atoms with Crippen LogP contribution in [0.4, 0.5) is 0 Å². The van der Waals surface area contributed by atoms with E-state index in [1.54, 1.807) is 0 Å². The van der Waals surface area contributed by atoms with Crippen LogP contribution in [-0.4, -0.2) is 0 Å². The Labute approximate surface area is 91.5 Å². The molecule has 0 amide bonds.